The Hall–Kier alpha value is -0.740. The summed E-state index contributed by atoms with van der Waals surface area (Å²) in [6.45, 7) is 0. The van der Waals surface area contributed by atoms with Crippen LogP contribution in [0.1, 0.15) is 25.7 Å². The molecule has 0 spiro atoms. The number of fused-ring (bicyclic) bond motifs is 2. The van der Waals surface area contributed by atoms with E-state index in [2.05, 4.69) is 51.4 Å². The minimum Gasteiger partial charge on any atom is -0.495 e. The van der Waals surface area contributed by atoms with Gasteiger partial charge in [-0.15, -0.1) is 0 Å². The lowest BCUT2D eigenvalue weighted by Crippen LogP contribution is -2.48. The number of nitrogens with one attached hydrogen (secondary N) is 1. The van der Waals surface area contributed by atoms with Crippen molar-refractivity contribution in [2.45, 2.75) is 43.8 Å². The third kappa shape index (κ3) is 2.36. The van der Waals surface area contributed by atoms with Gasteiger partial charge >= 0.3 is 0 Å². The molecule has 2 heterocycles. The van der Waals surface area contributed by atoms with Crippen molar-refractivity contribution in [2.24, 2.45) is 0 Å². The Morgan fingerprint density at radius 3 is 2.53 bits per heavy atom. The molecule has 2 aliphatic heterocycles. The van der Waals surface area contributed by atoms with Crippen LogP contribution in [0.15, 0.2) is 22.7 Å². The van der Waals surface area contributed by atoms with Crippen molar-refractivity contribution >= 4 is 21.6 Å². The summed E-state index contributed by atoms with van der Waals surface area (Å²) in [6.07, 6.45) is 5.15. The summed E-state index contributed by atoms with van der Waals surface area (Å²) in [6, 6.07) is 8.51. The molecule has 2 unspecified atom stereocenters. The number of hydrogen-bond acceptors (Lipinski definition) is 3. The molecule has 19 heavy (non-hydrogen) atoms. The molecule has 104 valence electrons. The Bertz CT molecular complexity index is 451. The standard InChI is InChI=1S/C15H21BrN2O/c1-17-10-7-11-3-4-12(8-10)18(11)13-5-6-14(16)15(9-13)19-2/h5-6,9-12,17H,3-4,7-8H2,1-2H3. The van der Waals surface area contributed by atoms with Crippen LogP contribution in [0.5, 0.6) is 5.75 Å². The van der Waals surface area contributed by atoms with Crippen LogP contribution in [-0.2, 0) is 0 Å². The highest BCUT2D eigenvalue weighted by atomic mass is 79.9. The molecule has 0 aromatic heterocycles. The zero-order valence-corrected chi connectivity index (χ0v) is 13.1. The van der Waals surface area contributed by atoms with Crippen LogP contribution in [-0.4, -0.2) is 32.3 Å². The molecule has 0 saturated carbocycles. The predicted octanol–water partition coefficient (Wildman–Crippen LogP) is 3.18. The average molecular weight is 325 g/mol. The van der Waals surface area contributed by atoms with Gasteiger partial charge in [-0.3, -0.25) is 0 Å². The molecular weight excluding hydrogens is 304 g/mol. The first-order valence-corrected chi connectivity index (χ1v) is 7.81. The highest BCUT2D eigenvalue weighted by Gasteiger charge is 2.40. The molecule has 2 bridgehead atoms. The van der Waals surface area contributed by atoms with Crippen LogP contribution in [0.3, 0.4) is 0 Å². The van der Waals surface area contributed by atoms with E-state index in [-0.39, 0.29) is 0 Å². The van der Waals surface area contributed by atoms with E-state index in [9.17, 15) is 0 Å². The first-order chi connectivity index (χ1) is 9.22. The normalized spacial score (nSPS) is 29.6. The van der Waals surface area contributed by atoms with Gasteiger partial charge in [-0.25, -0.2) is 0 Å². The maximum absolute atomic E-state index is 5.42. The summed E-state index contributed by atoms with van der Waals surface area (Å²) in [5, 5.41) is 3.45. The fourth-order valence-electron chi connectivity index (χ4n) is 3.64. The predicted molar refractivity (Wildman–Crippen MR) is 82.1 cm³/mol. The molecule has 0 amide bonds. The van der Waals surface area contributed by atoms with E-state index in [0.29, 0.717) is 18.1 Å². The lowest BCUT2D eigenvalue weighted by Gasteiger charge is -2.40. The molecule has 1 N–H and O–H groups in total. The van der Waals surface area contributed by atoms with Gasteiger partial charge in [0, 0.05) is 29.9 Å². The van der Waals surface area contributed by atoms with Gasteiger partial charge in [-0.2, -0.15) is 0 Å². The van der Waals surface area contributed by atoms with E-state index in [0.717, 1.165) is 10.2 Å². The van der Waals surface area contributed by atoms with Gasteiger partial charge in [-0.05, 0) is 60.8 Å². The monoisotopic (exact) mass is 324 g/mol. The minimum atomic E-state index is 0.682. The van der Waals surface area contributed by atoms with Crippen molar-refractivity contribution in [3.05, 3.63) is 22.7 Å². The molecule has 1 aromatic carbocycles. The zero-order valence-electron chi connectivity index (χ0n) is 11.5. The lowest BCUT2D eigenvalue weighted by molar-refractivity contribution is 0.372. The van der Waals surface area contributed by atoms with Crippen LogP contribution < -0.4 is 15.0 Å². The first kappa shape index (κ1) is 13.3. The van der Waals surface area contributed by atoms with E-state index < -0.39 is 0 Å². The van der Waals surface area contributed by atoms with Crippen LogP contribution in [0, 0.1) is 0 Å². The van der Waals surface area contributed by atoms with Crippen LogP contribution in [0.25, 0.3) is 0 Å². The molecule has 4 heteroatoms. The number of anilines is 1. The number of nitrogens with zero attached hydrogens (tertiary/aromatic N) is 1. The molecule has 3 rings (SSSR count). The van der Waals surface area contributed by atoms with Crippen LogP contribution in [0.2, 0.25) is 0 Å². The highest BCUT2D eigenvalue weighted by Crippen LogP contribution is 2.41. The summed E-state index contributed by atoms with van der Waals surface area (Å²) in [4.78, 5) is 2.61. The maximum Gasteiger partial charge on any atom is 0.135 e. The van der Waals surface area contributed by atoms with Gasteiger partial charge in [0.2, 0.25) is 0 Å². The summed E-state index contributed by atoms with van der Waals surface area (Å²) in [5.74, 6) is 0.924. The molecule has 2 fully saturated rings. The van der Waals surface area contributed by atoms with Crippen molar-refractivity contribution in [1.29, 1.82) is 0 Å². The third-order valence-electron chi connectivity index (χ3n) is 4.57. The van der Waals surface area contributed by atoms with Gasteiger partial charge in [0.15, 0.2) is 0 Å². The number of rotatable bonds is 3. The summed E-state index contributed by atoms with van der Waals surface area (Å²) >= 11 is 3.53. The van der Waals surface area contributed by atoms with Gasteiger partial charge in [-0.1, -0.05) is 0 Å². The second kappa shape index (κ2) is 5.33. The van der Waals surface area contributed by atoms with Gasteiger partial charge in [0.05, 0.1) is 11.6 Å². The second-order valence-corrected chi connectivity index (χ2v) is 6.42. The lowest BCUT2D eigenvalue weighted by atomic mass is 9.96. The molecule has 0 aliphatic carbocycles. The Balaban J connectivity index is 1.87. The molecular formula is C15H21BrN2O. The van der Waals surface area contributed by atoms with Crippen molar-refractivity contribution < 1.29 is 4.74 Å². The van der Waals surface area contributed by atoms with Crippen molar-refractivity contribution in [1.82, 2.24) is 5.32 Å². The fourth-order valence-corrected chi connectivity index (χ4v) is 4.05. The Labute approximate surface area is 123 Å². The smallest absolute Gasteiger partial charge is 0.135 e. The van der Waals surface area contributed by atoms with Gasteiger partial charge in [0.1, 0.15) is 5.75 Å². The van der Waals surface area contributed by atoms with E-state index in [4.69, 9.17) is 4.74 Å². The topological polar surface area (TPSA) is 24.5 Å². The Morgan fingerprint density at radius 2 is 1.95 bits per heavy atom. The zero-order chi connectivity index (χ0) is 13.4. The molecule has 1 aromatic rings. The maximum atomic E-state index is 5.42. The minimum absolute atomic E-state index is 0.682. The van der Waals surface area contributed by atoms with Crippen molar-refractivity contribution in [2.75, 3.05) is 19.1 Å². The van der Waals surface area contributed by atoms with Gasteiger partial charge in [0.25, 0.3) is 0 Å². The van der Waals surface area contributed by atoms with E-state index >= 15 is 0 Å². The summed E-state index contributed by atoms with van der Waals surface area (Å²) < 4.78 is 6.45. The number of hydrogen-bond donors (Lipinski definition) is 1. The number of piperidine rings is 1. The first-order valence-electron chi connectivity index (χ1n) is 7.02. The third-order valence-corrected chi connectivity index (χ3v) is 5.23. The summed E-state index contributed by atoms with van der Waals surface area (Å²) in [7, 11) is 3.81. The average Bonchev–Trinajstić information content (AvgIpc) is 2.70. The summed E-state index contributed by atoms with van der Waals surface area (Å²) in [5.41, 5.74) is 1.31. The molecule has 0 radical (unpaired) electrons. The number of methoxy groups -OCH3 is 1. The Morgan fingerprint density at radius 1 is 1.26 bits per heavy atom. The SMILES string of the molecule is CNC1CC2CCC(C1)N2c1ccc(Br)c(OC)c1. The van der Waals surface area contributed by atoms with E-state index in [1.165, 1.54) is 31.4 Å². The van der Waals surface area contributed by atoms with Crippen molar-refractivity contribution in [3.8, 4) is 5.75 Å². The molecule has 2 atom stereocenters. The van der Waals surface area contributed by atoms with Crippen LogP contribution >= 0.6 is 15.9 Å². The molecule has 2 saturated heterocycles. The van der Waals surface area contributed by atoms with Crippen LogP contribution in [0.4, 0.5) is 5.69 Å². The van der Waals surface area contributed by atoms with Gasteiger partial charge < -0.3 is 15.0 Å². The van der Waals surface area contributed by atoms with Crippen molar-refractivity contribution in [3.63, 3.8) is 0 Å². The second-order valence-electron chi connectivity index (χ2n) is 5.57. The molecule has 3 nitrogen and oxygen atoms in total. The number of ether oxygens (including phenoxy) is 1. The Kier molecular flexibility index (Phi) is 3.72. The van der Waals surface area contributed by atoms with E-state index in [1.807, 2.05) is 0 Å². The van der Waals surface area contributed by atoms with E-state index in [1.54, 1.807) is 7.11 Å². The highest BCUT2D eigenvalue weighted by molar-refractivity contribution is 9.10. The molecule has 2 aliphatic rings. The fraction of sp³-hybridized carbons (Fsp3) is 0.600. The number of halogens is 1. The largest absolute Gasteiger partial charge is 0.495 e. The number of benzene rings is 1. The quantitative estimate of drug-likeness (QED) is 0.924.